The van der Waals surface area contributed by atoms with Gasteiger partial charge in [0.2, 0.25) is 0 Å². The van der Waals surface area contributed by atoms with Crippen molar-refractivity contribution < 1.29 is 9.84 Å². The number of fused-ring (bicyclic) bond motifs is 2. The molecule has 0 amide bonds. The van der Waals surface area contributed by atoms with Crippen molar-refractivity contribution in [3.05, 3.63) is 29.3 Å². The van der Waals surface area contributed by atoms with Crippen molar-refractivity contribution in [2.45, 2.75) is 25.0 Å². The Kier molecular flexibility index (Phi) is 3.61. The summed E-state index contributed by atoms with van der Waals surface area (Å²) in [6.07, 6.45) is 2.08. The number of phenols is 1. The SMILES string of the molecule is CN1CCO[C@H]2Cc3c(O)cccc3C[C@@H]21.Cl. The van der Waals surface area contributed by atoms with Gasteiger partial charge in [-0.05, 0) is 30.7 Å². The highest BCUT2D eigenvalue weighted by atomic mass is 35.5. The Hall–Kier alpha value is -0.770. The molecule has 1 N–H and O–H groups in total. The Bertz CT molecular complexity index is 410. The van der Waals surface area contributed by atoms with Crippen molar-refractivity contribution in [2.24, 2.45) is 0 Å². The number of benzene rings is 1. The lowest BCUT2D eigenvalue weighted by Crippen LogP contribution is -2.53. The third-order valence-electron chi connectivity index (χ3n) is 3.85. The monoisotopic (exact) mass is 255 g/mol. The van der Waals surface area contributed by atoms with E-state index in [0.29, 0.717) is 11.8 Å². The lowest BCUT2D eigenvalue weighted by molar-refractivity contribution is -0.0646. The normalized spacial score (nSPS) is 27.8. The maximum absolute atomic E-state index is 9.84. The number of likely N-dealkylation sites (N-methyl/N-ethyl adjacent to an activating group) is 1. The Morgan fingerprint density at radius 2 is 2.18 bits per heavy atom. The number of nitrogens with zero attached hydrogens (tertiary/aromatic N) is 1. The van der Waals surface area contributed by atoms with Gasteiger partial charge in [0, 0.05) is 19.0 Å². The number of halogens is 1. The third kappa shape index (κ3) is 2.15. The molecule has 1 fully saturated rings. The number of ether oxygens (including phenoxy) is 1. The van der Waals surface area contributed by atoms with Gasteiger partial charge >= 0.3 is 0 Å². The fourth-order valence-electron chi connectivity index (χ4n) is 2.87. The molecule has 2 atom stereocenters. The van der Waals surface area contributed by atoms with Gasteiger partial charge in [-0.3, -0.25) is 4.90 Å². The van der Waals surface area contributed by atoms with Crippen molar-refractivity contribution in [3.8, 4) is 5.75 Å². The van der Waals surface area contributed by atoms with E-state index in [1.54, 1.807) is 6.07 Å². The number of hydrogen-bond donors (Lipinski definition) is 1. The summed E-state index contributed by atoms with van der Waals surface area (Å²) in [7, 11) is 2.16. The number of rotatable bonds is 0. The van der Waals surface area contributed by atoms with Gasteiger partial charge in [-0.1, -0.05) is 12.1 Å². The van der Waals surface area contributed by atoms with Gasteiger partial charge in [0.1, 0.15) is 5.75 Å². The van der Waals surface area contributed by atoms with Crippen molar-refractivity contribution in [1.82, 2.24) is 4.90 Å². The highest BCUT2D eigenvalue weighted by Gasteiger charge is 2.35. The molecule has 2 aliphatic rings. The molecule has 1 saturated heterocycles. The standard InChI is InChI=1S/C13H17NO2.ClH/c1-14-5-6-16-13-8-10-9(7-11(13)14)3-2-4-12(10)15;/h2-4,11,13,15H,5-8H2,1H3;1H/t11-,13-;/m0./s1. The van der Waals surface area contributed by atoms with E-state index in [0.717, 1.165) is 31.6 Å². The van der Waals surface area contributed by atoms with Crippen molar-refractivity contribution >= 4 is 12.4 Å². The molecule has 0 spiro atoms. The van der Waals surface area contributed by atoms with Crippen LogP contribution in [0.15, 0.2) is 18.2 Å². The van der Waals surface area contributed by atoms with Crippen LogP contribution in [0.1, 0.15) is 11.1 Å². The van der Waals surface area contributed by atoms with Gasteiger partial charge in [0.15, 0.2) is 0 Å². The van der Waals surface area contributed by atoms with Crippen LogP contribution in [0.25, 0.3) is 0 Å². The molecule has 17 heavy (non-hydrogen) atoms. The van der Waals surface area contributed by atoms with Crippen molar-refractivity contribution in [3.63, 3.8) is 0 Å². The molecule has 1 heterocycles. The molecule has 0 saturated carbocycles. The molecule has 3 nitrogen and oxygen atoms in total. The van der Waals surface area contributed by atoms with Crippen LogP contribution < -0.4 is 0 Å². The molecule has 1 aliphatic carbocycles. The van der Waals surface area contributed by atoms with E-state index in [2.05, 4.69) is 18.0 Å². The van der Waals surface area contributed by atoms with E-state index in [4.69, 9.17) is 4.74 Å². The van der Waals surface area contributed by atoms with E-state index in [1.165, 1.54) is 5.56 Å². The topological polar surface area (TPSA) is 32.7 Å². The Balaban J connectivity index is 0.00000108. The van der Waals surface area contributed by atoms with Gasteiger partial charge in [-0.25, -0.2) is 0 Å². The van der Waals surface area contributed by atoms with E-state index in [9.17, 15) is 5.11 Å². The molecule has 1 aromatic carbocycles. The van der Waals surface area contributed by atoms with E-state index >= 15 is 0 Å². The Labute approximate surface area is 108 Å². The van der Waals surface area contributed by atoms with E-state index in [1.807, 2.05) is 6.07 Å². The van der Waals surface area contributed by atoms with Crippen LogP contribution in [0.5, 0.6) is 5.75 Å². The first-order chi connectivity index (χ1) is 7.75. The van der Waals surface area contributed by atoms with Gasteiger partial charge in [-0.2, -0.15) is 0 Å². The second-order valence-corrected chi connectivity index (χ2v) is 4.78. The molecule has 0 aromatic heterocycles. The molecule has 94 valence electrons. The van der Waals surface area contributed by atoms with Gasteiger partial charge in [-0.15, -0.1) is 12.4 Å². The molecule has 1 aliphatic heterocycles. The average Bonchev–Trinajstić information content (AvgIpc) is 2.29. The molecule has 4 heteroatoms. The lowest BCUT2D eigenvalue weighted by Gasteiger charge is -2.42. The summed E-state index contributed by atoms with van der Waals surface area (Å²) in [4.78, 5) is 2.38. The Morgan fingerprint density at radius 1 is 1.35 bits per heavy atom. The quantitative estimate of drug-likeness (QED) is 0.765. The third-order valence-corrected chi connectivity index (χ3v) is 3.85. The molecular formula is C13H18ClNO2. The van der Waals surface area contributed by atoms with Crippen LogP contribution in [-0.4, -0.2) is 42.4 Å². The molecular weight excluding hydrogens is 238 g/mol. The van der Waals surface area contributed by atoms with Crippen LogP contribution in [0, 0.1) is 0 Å². The number of aromatic hydroxyl groups is 1. The molecule has 3 rings (SSSR count). The summed E-state index contributed by atoms with van der Waals surface area (Å²) >= 11 is 0. The summed E-state index contributed by atoms with van der Waals surface area (Å²) in [5.74, 6) is 0.424. The minimum atomic E-state index is 0. The maximum Gasteiger partial charge on any atom is 0.119 e. The van der Waals surface area contributed by atoms with Crippen LogP contribution in [0.4, 0.5) is 0 Å². The summed E-state index contributed by atoms with van der Waals surface area (Å²) in [6.45, 7) is 1.82. The summed E-state index contributed by atoms with van der Waals surface area (Å²) in [5, 5.41) is 9.84. The highest BCUT2D eigenvalue weighted by Crippen LogP contribution is 2.32. The van der Waals surface area contributed by atoms with Gasteiger partial charge in [0.25, 0.3) is 0 Å². The molecule has 0 radical (unpaired) electrons. The lowest BCUT2D eigenvalue weighted by atomic mass is 9.84. The zero-order valence-corrected chi connectivity index (χ0v) is 10.7. The first-order valence-electron chi connectivity index (χ1n) is 5.87. The second-order valence-electron chi connectivity index (χ2n) is 4.78. The fourth-order valence-corrected chi connectivity index (χ4v) is 2.87. The van der Waals surface area contributed by atoms with Crippen LogP contribution in [0.3, 0.4) is 0 Å². The van der Waals surface area contributed by atoms with Crippen molar-refractivity contribution in [2.75, 3.05) is 20.2 Å². The Morgan fingerprint density at radius 3 is 3.00 bits per heavy atom. The minimum absolute atomic E-state index is 0. The summed E-state index contributed by atoms with van der Waals surface area (Å²) in [6, 6.07) is 6.29. The maximum atomic E-state index is 9.84. The summed E-state index contributed by atoms with van der Waals surface area (Å²) in [5.41, 5.74) is 2.36. The minimum Gasteiger partial charge on any atom is -0.508 e. The predicted octanol–water partition coefficient (Wildman–Crippen LogP) is 1.61. The zero-order valence-electron chi connectivity index (χ0n) is 9.93. The highest BCUT2D eigenvalue weighted by molar-refractivity contribution is 5.85. The first-order valence-corrected chi connectivity index (χ1v) is 5.87. The number of phenolic OH excluding ortho intramolecular Hbond substituents is 1. The average molecular weight is 256 g/mol. The zero-order chi connectivity index (χ0) is 11.1. The van der Waals surface area contributed by atoms with Crippen molar-refractivity contribution in [1.29, 1.82) is 0 Å². The number of morpholine rings is 1. The van der Waals surface area contributed by atoms with Gasteiger partial charge in [0.05, 0.1) is 12.7 Å². The number of hydrogen-bond acceptors (Lipinski definition) is 3. The fraction of sp³-hybridized carbons (Fsp3) is 0.538. The first kappa shape index (κ1) is 12.7. The molecule has 0 bridgehead atoms. The molecule has 0 unspecified atom stereocenters. The molecule has 1 aromatic rings. The van der Waals surface area contributed by atoms with Crippen LogP contribution >= 0.6 is 12.4 Å². The second kappa shape index (κ2) is 4.84. The van der Waals surface area contributed by atoms with E-state index < -0.39 is 0 Å². The smallest absolute Gasteiger partial charge is 0.119 e. The van der Waals surface area contributed by atoms with Crippen LogP contribution in [-0.2, 0) is 17.6 Å². The van der Waals surface area contributed by atoms with E-state index in [-0.39, 0.29) is 18.5 Å². The van der Waals surface area contributed by atoms with Crippen LogP contribution in [0.2, 0.25) is 0 Å². The largest absolute Gasteiger partial charge is 0.508 e. The predicted molar refractivity (Wildman–Crippen MR) is 68.9 cm³/mol. The van der Waals surface area contributed by atoms with Gasteiger partial charge < -0.3 is 9.84 Å². The summed E-state index contributed by atoms with van der Waals surface area (Å²) < 4.78 is 5.81.